The number of anilines is 2. The molecular formula is C21H27N3OS. The Kier molecular flexibility index (Phi) is 5.11. The molecule has 5 heteroatoms. The van der Waals surface area contributed by atoms with Gasteiger partial charge in [0.15, 0.2) is 0 Å². The smallest absolute Gasteiger partial charge is 0.143 e. The number of hydrogen-bond donors (Lipinski definition) is 1. The molecule has 1 N–H and O–H groups in total. The number of likely N-dealkylation sites (N-methyl/N-ethyl adjacent to an activating group) is 1. The second-order valence-electron chi connectivity index (χ2n) is 7.30. The molecule has 1 fully saturated rings. The molecule has 4 nitrogen and oxygen atoms in total. The first-order chi connectivity index (χ1) is 12.6. The standard InChI is InChI=1S/C21H27N3OS/c1-16-8-9-19-20(21(16)25)24(17-6-3-4-7-18(17)26-19)11-5-10-23-14-12-22(2)13-15-23/h3-4,6-9,25H,5,10-15H2,1-2H3. The third-order valence-corrected chi connectivity index (χ3v) is 6.53. The zero-order valence-corrected chi connectivity index (χ0v) is 16.4. The van der Waals surface area contributed by atoms with Crippen molar-refractivity contribution in [3.8, 4) is 5.75 Å². The zero-order chi connectivity index (χ0) is 18.1. The number of rotatable bonds is 4. The fraction of sp³-hybridized carbons (Fsp3) is 0.429. The van der Waals surface area contributed by atoms with E-state index in [0.717, 1.165) is 61.8 Å². The van der Waals surface area contributed by atoms with Crippen molar-refractivity contribution in [2.45, 2.75) is 23.1 Å². The van der Waals surface area contributed by atoms with E-state index in [1.165, 1.54) is 10.6 Å². The average molecular weight is 370 g/mol. The van der Waals surface area contributed by atoms with Gasteiger partial charge in [-0.25, -0.2) is 0 Å². The second kappa shape index (κ2) is 7.51. The first kappa shape index (κ1) is 17.7. The number of phenols is 1. The number of hydrogen-bond acceptors (Lipinski definition) is 5. The van der Waals surface area contributed by atoms with Gasteiger partial charge in [0.05, 0.1) is 11.4 Å². The molecule has 4 rings (SSSR count). The number of fused-ring (bicyclic) bond motifs is 2. The minimum atomic E-state index is 0.420. The van der Waals surface area contributed by atoms with Crippen molar-refractivity contribution in [3.63, 3.8) is 0 Å². The molecule has 0 unspecified atom stereocenters. The van der Waals surface area contributed by atoms with Crippen molar-refractivity contribution in [2.24, 2.45) is 0 Å². The third-order valence-electron chi connectivity index (χ3n) is 5.41. The summed E-state index contributed by atoms with van der Waals surface area (Å²) in [7, 11) is 2.20. The lowest BCUT2D eigenvalue weighted by Crippen LogP contribution is -2.45. The molecule has 0 aliphatic carbocycles. The second-order valence-corrected chi connectivity index (χ2v) is 8.38. The van der Waals surface area contributed by atoms with Crippen molar-refractivity contribution in [1.29, 1.82) is 0 Å². The summed E-state index contributed by atoms with van der Waals surface area (Å²) in [5, 5.41) is 10.7. The topological polar surface area (TPSA) is 30.0 Å². The van der Waals surface area contributed by atoms with Crippen LogP contribution in [-0.4, -0.2) is 61.2 Å². The normalized spacial score (nSPS) is 17.8. The molecule has 0 bridgehead atoms. The van der Waals surface area contributed by atoms with E-state index in [4.69, 9.17) is 0 Å². The van der Waals surface area contributed by atoms with Gasteiger partial charge in [-0.15, -0.1) is 0 Å². The van der Waals surface area contributed by atoms with Gasteiger partial charge in [-0.2, -0.15) is 0 Å². The van der Waals surface area contributed by atoms with E-state index in [1.807, 2.05) is 13.0 Å². The minimum Gasteiger partial charge on any atom is -0.505 e. The predicted molar refractivity (Wildman–Crippen MR) is 109 cm³/mol. The summed E-state index contributed by atoms with van der Waals surface area (Å²) in [6, 6.07) is 12.7. The van der Waals surface area contributed by atoms with Crippen LogP contribution in [0.1, 0.15) is 12.0 Å². The molecule has 26 heavy (non-hydrogen) atoms. The number of para-hydroxylation sites is 1. The molecule has 2 aliphatic rings. The van der Waals surface area contributed by atoms with Gasteiger partial charge in [-0.1, -0.05) is 30.0 Å². The molecule has 0 amide bonds. The fourth-order valence-electron chi connectivity index (χ4n) is 3.77. The predicted octanol–water partition coefficient (Wildman–Crippen LogP) is 3.94. The minimum absolute atomic E-state index is 0.420. The zero-order valence-electron chi connectivity index (χ0n) is 15.6. The largest absolute Gasteiger partial charge is 0.505 e. The highest BCUT2D eigenvalue weighted by Crippen LogP contribution is 2.52. The lowest BCUT2D eigenvalue weighted by Gasteiger charge is -2.35. The molecule has 0 saturated carbocycles. The third kappa shape index (κ3) is 3.43. The Bertz CT molecular complexity index is 787. The van der Waals surface area contributed by atoms with Gasteiger partial charge in [0.25, 0.3) is 0 Å². The van der Waals surface area contributed by atoms with Crippen LogP contribution in [0.5, 0.6) is 5.75 Å². The summed E-state index contributed by atoms with van der Waals surface area (Å²) >= 11 is 1.75. The molecule has 0 atom stereocenters. The number of benzene rings is 2. The SMILES string of the molecule is Cc1ccc2c(c1O)N(CCCN1CCN(C)CC1)c1ccccc1S2. The van der Waals surface area contributed by atoms with Crippen LogP contribution in [0.2, 0.25) is 0 Å². The monoisotopic (exact) mass is 369 g/mol. The Labute approximate surface area is 160 Å². The maximum absolute atomic E-state index is 10.7. The van der Waals surface area contributed by atoms with Gasteiger partial charge >= 0.3 is 0 Å². The molecular weight excluding hydrogens is 342 g/mol. The summed E-state index contributed by atoms with van der Waals surface area (Å²) in [5.74, 6) is 0.420. The van der Waals surface area contributed by atoms with E-state index in [1.54, 1.807) is 11.8 Å². The highest BCUT2D eigenvalue weighted by Gasteiger charge is 2.26. The maximum Gasteiger partial charge on any atom is 0.143 e. The van der Waals surface area contributed by atoms with Crippen LogP contribution in [0.3, 0.4) is 0 Å². The van der Waals surface area contributed by atoms with Crippen molar-refractivity contribution < 1.29 is 5.11 Å². The molecule has 0 spiro atoms. The Morgan fingerprint density at radius 3 is 2.54 bits per heavy atom. The van der Waals surface area contributed by atoms with Gasteiger partial charge in [0.1, 0.15) is 5.75 Å². The lowest BCUT2D eigenvalue weighted by molar-refractivity contribution is 0.153. The number of aromatic hydroxyl groups is 1. The summed E-state index contributed by atoms with van der Waals surface area (Å²) in [4.78, 5) is 9.68. The van der Waals surface area contributed by atoms with Crippen LogP contribution in [0.15, 0.2) is 46.2 Å². The van der Waals surface area contributed by atoms with Crippen LogP contribution in [0.4, 0.5) is 11.4 Å². The molecule has 2 aliphatic heterocycles. The molecule has 2 aromatic rings. The van der Waals surface area contributed by atoms with Crippen LogP contribution < -0.4 is 4.90 Å². The van der Waals surface area contributed by atoms with Crippen molar-refractivity contribution in [2.75, 3.05) is 51.2 Å². The van der Waals surface area contributed by atoms with Crippen LogP contribution in [0, 0.1) is 6.92 Å². The lowest BCUT2D eigenvalue weighted by atomic mass is 10.1. The van der Waals surface area contributed by atoms with Gasteiger partial charge in [-0.3, -0.25) is 0 Å². The highest BCUT2D eigenvalue weighted by molar-refractivity contribution is 7.99. The average Bonchev–Trinajstić information content (AvgIpc) is 2.66. The van der Waals surface area contributed by atoms with E-state index in [0.29, 0.717) is 5.75 Å². The van der Waals surface area contributed by atoms with Gasteiger partial charge in [0.2, 0.25) is 0 Å². The van der Waals surface area contributed by atoms with Gasteiger partial charge in [-0.05, 0) is 50.7 Å². The van der Waals surface area contributed by atoms with E-state index in [2.05, 4.69) is 52.1 Å². The first-order valence-corrected chi connectivity index (χ1v) is 10.2. The van der Waals surface area contributed by atoms with Crippen LogP contribution in [-0.2, 0) is 0 Å². The van der Waals surface area contributed by atoms with E-state index in [9.17, 15) is 5.11 Å². The molecule has 2 heterocycles. The molecule has 0 radical (unpaired) electrons. The van der Waals surface area contributed by atoms with E-state index < -0.39 is 0 Å². The molecule has 138 valence electrons. The summed E-state index contributed by atoms with van der Waals surface area (Å²) < 4.78 is 0. The summed E-state index contributed by atoms with van der Waals surface area (Å²) in [6.45, 7) is 8.64. The van der Waals surface area contributed by atoms with Gasteiger partial charge < -0.3 is 19.8 Å². The number of nitrogens with zero attached hydrogens (tertiary/aromatic N) is 3. The Morgan fingerprint density at radius 2 is 1.73 bits per heavy atom. The quantitative estimate of drug-likeness (QED) is 0.882. The number of phenolic OH excluding ortho intramolecular Hbond substituents is 1. The number of piperazine rings is 1. The fourth-order valence-corrected chi connectivity index (χ4v) is 4.87. The van der Waals surface area contributed by atoms with Gasteiger partial charge in [0, 0.05) is 42.5 Å². The highest BCUT2D eigenvalue weighted by atomic mass is 32.2. The van der Waals surface area contributed by atoms with Crippen molar-refractivity contribution in [3.05, 3.63) is 42.0 Å². The molecule has 1 saturated heterocycles. The van der Waals surface area contributed by atoms with Crippen LogP contribution >= 0.6 is 11.8 Å². The van der Waals surface area contributed by atoms with E-state index in [-0.39, 0.29) is 0 Å². The summed E-state index contributed by atoms with van der Waals surface area (Å²) in [6.07, 6.45) is 1.09. The maximum atomic E-state index is 10.7. The Hall–Kier alpha value is -1.69. The first-order valence-electron chi connectivity index (χ1n) is 9.41. The Morgan fingerprint density at radius 1 is 0.962 bits per heavy atom. The van der Waals surface area contributed by atoms with Crippen LogP contribution in [0.25, 0.3) is 0 Å². The molecule has 0 aromatic heterocycles. The van der Waals surface area contributed by atoms with E-state index >= 15 is 0 Å². The molecule has 2 aromatic carbocycles. The number of aryl methyl sites for hydroxylation is 1. The van der Waals surface area contributed by atoms with Crippen molar-refractivity contribution in [1.82, 2.24) is 9.80 Å². The summed E-state index contributed by atoms with van der Waals surface area (Å²) in [5.41, 5.74) is 3.13. The van der Waals surface area contributed by atoms with Crippen molar-refractivity contribution >= 4 is 23.1 Å². The Balaban J connectivity index is 1.54.